The molecule has 0 saturated carbocycles. The molecule has 0 aromatic carbocycles. The SMILES string of the molecule is C[C@@H]1CN(C(=O)CSc2nc3ncc(Cl)cc3[nH]2)C[C@H](C)O1. The number of carbonyl (C=O) groups is 1. The standard InChI is InChI=1S/C14H17ClN4O2S/c1-8-5-19(6-9(2)21-8)12(20)7-22-14-17-11-3-10(15)4-16-13(11)18-14/h3-4,8-9H,5-7H2,1-2H3,(H,16,17,18)/t8-,9+. The third-order valence-corrected chi connectivity index (χ3v) is 4.45. The summed E-state index contributed by atoms with van der Waals surface area (Å²) in [5.74, 6) is 0.436. The van der Waals surface area contributed by atoms with Gasteiger partial charge in [0, 0.05) is 19.3 Å². The van der Waals surface area contributed by atoms with Crippen molar-refractivity contribution in [1.29, 1.82) is 0 Å². The third-order valence-electron chi connectivity index (χ3n) is 3.39. The number of rotatable bonds is 3. The molecule has 1 aliphatic heterocycles. The molecule has 2 aromatic heterocycles. The highest BCUT2D eigenvalue weighted by Crippen LogP contribution is 2.21. The fraction of sp³-hybridized carbons (Fsp3) is 0.500. The summed E-state index contributed by atoms with van der Waals surface area (Å²) in [6, 6.07) is 1.77. The molecule has 1 N–H and O–H groups in total. The number of nitrogens with zero attached hydrogens (tertiary/aromatic N) is 3. The monoisotopic (exact) mass is 340 g/mol. The number of hydrogen-bond donors (Lipinski definition) is 1. The molecule has 1 fully saturated rings. The largest absolute Gasteiger partial charge is 0.372 e. The van der Waals surface area contributed by atoms with Crippen LogP contribution >= 0.6 is 23.4 Å². The normalized spacial score (nSPS) is 22.2. The quantitative estimate of drug-likeness (QED) is 0.868. The highest BCUT2D eigenvalue weighted by molar-refractivity contribution is 7.99. The van der Waals surface area contributed by atoms with E-state index in [4.69, 9.17) is 16.3 Å². The molecule has 0 aliphatic carbocycles. The molecule has 118 valence electrons. The number of carbonyl (C=O) groups excluding carboxylic acids is 1. The number of pyridine rings is 1. The van der Waals surface area contributed by atoms with E-state index in [1.807, 2.05) is 18.7 Å². The smallest absolute Gasteiger partial charge is 0.233 e. The number of nitrogens with one attached hydrogen (secondary N) is 1. The van der Waals surface area contributed by atoms with E-state index in [0.29, 0.717) is 34.7 Å². The maximum absolute atomic E-state index is 12.3. The Bertz CT molecular complexity index is 683. The molecule has 1 aliphatic rings. The molecule has 3 heterocycles. The van der Waals surface area contributed by atoms with E-state index < -0.39 is 0 Å². The average Bonchev–Trinajstić information content (AvgIpc) is 2.85. The lowest BCUT2D eigenvalue weighted by molar-refractivity contribution is -0.140. The van der Waals surface area contributed by atoms with E-state index in [9.17, 15) is 4.79 Å². The zero-order valence-electron chi connectivity index (χ0n) is 12.4. The fourth-order valence-corrected chi connectivity index (χ4v) is 3.46. The van der Waals surface area contributed by atoms with Gasteiger partial charge in [0.25, 0.3) is 0 Å². The van der Waals surface area contributed by atoms with E-state index >= 15 is 0 Å². The summed E-state index contributed by atoms with van der Waals surface area (Å²) < 4.78 is 5.64. The predicted octanol–water partition coefficient (Wildman–Crippen LogP) is 2.34. The number of thioether (sulfide) groups is 1. The first-order valence-corrected chi connectivity index (χ1v) is 8.45. The summed E-state index contributed by atoms with van der Waals surface area (Å²) in [7, 11) is 0. The first-order valence-electron chi connectivity index (χ1n) is 7.08. The summed E-state index contributed by atoms with van der Waals surface area (Å²) in [5, 5.41) is 1.23. The molecular formula is C14H17ClN4O2S. The second-order valence-electron chi connectivity index (χ2n) is 5.41. The van der Waals surface area contributed by atoms with Crippen molar-refractivity contribution in [2.75, 3.05) is 18.8 Å². The van der Waals surface area contributed by atoms with Gasteiger partial charge < -0.3 is 14.6 Å². The lowest BCUT2D eigenvalue weighted by Crippen LogP contribution is -2.48. The summed E-state index contributed by atoms with van der Waals surface area (Å²) >= 11 is 7.27. The van der Waals surface area contributed by atoms with Gasteiger partial charge in [-0.25, -0.2) is 9.97 Å². The Hall–Kier alpha value is -1.31. The lowest BCUT2D eigenvalue weighted by Gasteiger charge is -2.35. The molecule has 1 saturated heterocycles. The number of H-pyrrole nitrogens is 1. The number of halogens is 1. The molecule has 2 aromatic rings. The Morgan fingerprint density at radius 1 is 1.50 bits per heavy atom. The van der Waals surface area contributed by atoms with Gasteiger partial charge >= 0.3 is 0 Å². The topological polar surface area (TPSA) is 71.1 Å². The van der Waals surface area contributed by atoms with Gasteiger partial charge in [-0.2, -0.15) is 0 Å². The predicted molar refractivity (Wildman–Crippen MR) is 86.2 cm³/mol. The van der Waals surface area contributed by atoms with Crippen molar-refractivity contribution in [2.45, 2.75) is 31.2 Å². The Kier molecular flexibility index (Phi) is 4.56. The van der Waals surface area contributed by atoms with Gasteiger partial charge in [-0.1, -0.05) is 23.4 Å². The number of morpholine rings is 1. The average molecular weight is 341 g/mol. The van der Waals surface area contributed by atoms with Crippen molar-refractivity contribution in [3.05, 3.63) is 17.3 Å². The Labute approximate surface area is 137 Å². The van der Waals surface area contributed by atoms with Gasteiger partial charge in [0.2, 0.25) is 5.91 Å². The van der Waals surface area contributed by atoms with Gasteiger partial charge in [0.05, 0.1) is 28.5 Å². The Morgan fingerprint density at radius 2 is 2.23 bits per heavy atom. The fourth-order valence-electron chi connectivity index (χ4n) is 2.52. The van der Waals surface area contributed by atoms with Gasteiger partial charge in [-0.15, -0.1) is 0 Å². The zero-order valence-corrected chi connectivity index (χ0v) is 13.9. The maximum atomic E-state index is 12.3. The Morgan fingerprint density at radius 3 is 2.95 bits per heavy atom. The second kappa shape index (κ2) is 6.44. The Balaban J connectivity index is 1.62. The van der Waals surface area contributed by atoms with Crippen LogP contribution < -0.4 is 0 Å². The van der Waals surface area contributed by atoms with Crippen LogP contribution in [0.2, 0.25) is 5.02 Å². The molecule has 6 nitrogen and oxygen atoms in total. The molecule has 0 bridgehead atoms. The van der Waals surface area contributed by atoms with Crippen LogP contribution in [0.1, 0.15) is 13.8 Å². The van der Waals surface area contributed by atoms with E-state index in [0.717, 1.165) is 5.52 Å². The minimum Gasteiger partial charge on any atom is -0.372 e. The molecule has 8 heteroatoms. The minimum absolute atomic E-state index is 0.0789. The van der Waals surface area contributed by atoms with Crippen LogP contribution in [0, 0.1) is 0 Å². The highest BCUT2D eigenvalue weighted by Gasteiger charge is 2.25. The van der Waals surface area contributed by atoms with Crippen molar-refractivity contribution < 1.29 is 9.53 Å². The summed E-state index contributed by atoms with van der Waals surface area (Å²) in [6.45, 7) is 5.25. The van der Waals surface area contributed by atoms with E-state index in [-0.39, 0.29) is 18.1 Å². The van der Waals surface area contributed by atoms with Crippen molar-refractivity contribution in [1.82, 2.24) is 19.9 Å². The van der Waals surface area contributed by atoms with Crippen LogP contribution in [-0.2, 0) is 9.53 Å². The number of amides is 1. The van der Waals surface area contributed by atoms with Crippen LogP contribution in [-0.4, -0.2) is 56.8 Å². The highest BCUT2D eigenvalue weighted by atomic mass is 35.5. The maximum Gasteiger partial charge on any atom is 0.233 e. The number of aromatic amines is 1. The van der Waals surface area contributed by atoms with Crippen molar-refractivity contribution >= 4 is 40.4 Å². The van der Waals surface area contributed by atoms with Crippen molar-refractivity contribution in [3.63, 3.8) is 0 Å². The molecule has 22 heavy (non-hydrogen) atoms. The molecule has 0 unspecified atom stereocenters. The molecule has 0 spiro atoms. The van der Waals surface area contributed by atoms with Gasteiger partial charge in [0.1, 0.15) is 0 Å². The van der Waals surface area contributed by atoms with Crippen LogP contribution in [0.15, 0.2) is 17.4 Å². The lowest BCUT2D eigenvalue weighted by atomic mass is 10.2. The number of fused-ring (bicyclic) bond motifs is 1. The number of ether oxygens (including phenoxy) is 1. The first kappa shape index (κ1) is 15.6. The molecule has 2 atom stereocenters. The number of hydrogen-bond acceptors (Lipinski definition) is 5. The van der Waals surface area contributed by atoms with Crippen LogP contribution in [0.5, 0.6) is 0 Å². The first-order chi connectivity index (χ1) is 10.5. The van der Waals surface area contributed by atoms with E-state index in [1.54, 1.807) is 12.3 Å². The molecule has 3 rings (SSSR count). The van der Waals surface area contributed by atoms with Crippen LogP contribution in [0.25, 0.3) is 11.2 Å². The number of aromatic nitrogens is 3. The van der Waals surface area contributed by atoms with E-state index in [1.165, 1.54) is 11.8 Å². The molecule has 1 amide bonds. The second-order valence-corrected chi connectivity index (χ2v) is 6.81. The van der Waals surface area contributed by atoms with Crippen molar-refractivity contribution in [3.8, 4) is 0 Å². The van der Waals surface area contributed by atoms with Crippen LogP contribution in [0.4, 0.5) is 0 Å². The molecular weight excluding hydrogens is 324 g/mol. The zero-order chi connectivity index (χ0) is 15.7. The van der Waals surface area contributed by atoms with Crippen LogP contribution in [0.3, 0.4) is 0 Å². The minimum atomic E-state index is 0.0789. The number of imidazole rings is 1. The van der Waals surface area contributed by atoms with E-state index in [2.05, 4.69) is 15.0 Å². The van der Waals surface area contributed by atoms with Crippen molar-refractivity contribution in [2.24, 2.45) is 0 Å². The van der Waals surface area contributed by atoms with Gasteiger partial charge in [-0.3, -0.25) is 4.79 Å². The summed E-state index contributed by atoms with van der Waals surface area (Å²) in [6.07, 6.45) is 1.71. The van der Waals surface area contributed by atoms with Gasteiger partial charge in [-0.05, 0) is 19.9 Å². The van der Waals surface area contributed by atoms with Gasteiger partial charge in [0.15, 0.2) is 10.8 Å². The third kappa shape index (κ3) is 3.53. The summed E-state index contributed by atoms with van der Waals surface area (Å²) in [5.41, 5.74) is 1.38. The summed E-state index contributed by atoms with van der Waals surface area (Å²) in [4.78, 5) is 25.8. The molecule has 0 radical (unpaired) electrons.